The summed E-state index contributed by atoms with van der Waals surface area (Å²) in [6.45, 7) is 4.62. The average molecular weight is 427 g/mol. The first-order valence-electron chi connectivity index (χ1n) is 8.79. The lowest BCUT2D eigenvalue weighted by Crippen LogP contribution is -2.20. The Morgan fingerprint density at radius 3 is 1.26 bits per heavy atom. The summed E-state index contributed by atoms with van der Waals surface area (Å²) in [7, 11) is 0. The van der Waals surface area contributed by atoms with Crippen molar-refractivity contribution in [1.82, 2.24) is 0 Å². The van der Waals surface area contributed by atoms with Crippen molar-refractivity contribution < 1.29 is 42.7 Å². The second-order valence-electron chi connectivity index (χ2n) is 5.59. The minimum absolute atomic E-state index is 0.143. The molecule has 27 heavy (non-hydrogen) atoms. The van der Waals surface area contributed by atoms with E-state index in [4.69, 9.17) is 33.2 Å². The number of carbonyl (C=O) groups is 2. The van der Waals surface area contributed by atoms with Gasteiger partial charge in [0.05, 0.1) is 66.1 Å². The van der Waals surface area contributed by atoms with Crippen LogP contribution < -0.4 is 0 Å². The Balaban J connectivity index is 1.22. The molecule has 0 aromatic carbocycles. The molecule has 156 valence electrons. The van der Waals surface area contributed by atoms with Gasteiger partial charge in [0, 0.05) is 11.5 Å². The van der Waals surface area contributed by atoms with E-state index in [-0.39, 0.29) is 22.8 Å². The lowest BCUT2D eigenvalue weighted by molar-refractivity contribution is -0.0225. The van der Waals surface area contributed by atoms with Gasteiger partial charge in [-0.15, -0.1) is 0 Å². The van der Waals surface area contributed by atoms with E-state index < -0.39 is 0 Å². The fourth-order valence-electron chi connectivity index (χ4n) is 2.10. The largest absolute Gasteiger partial charge is 0.451 e. The number of hydrogen-bond donors (Lipinski definition) is 0. The molecular formula is C16H26O9S2. The van der Waals surface area contributed by atoms with Crippen LogP contribution in [0.25, 0.3) is 0 Å². The second-order valence-corrected chi connectivity index (χ2v) is 7.50. The maximum absolute atomic E-state index is 10.9. The van der Waals surface area contributed by atoms with E-state index in [9.17, 15) is 9.59 Å². The second kappa shape index (κ2) is 14.4. The predicted octanol–water partition coefficient (Wildman–Crippen LogP) is 1.57. The predicted molar refractivity (Wildman–Crippen MR) is 99.5 cm³/mol. The number of rotatable bonds is 16. The average Bonchev–Trinajstić information content (AvgIpc) is 3.26. The van der Waals surface area contributed by atoms with Crippen molar-refractivity contribution in [2.24, 2.45) is 0 Å². The summed E-state index contributed by atoms with van der Waals surface area (Å²) < 4.78 is 36.9. The third kappa shape index (κ3) is 11.1. The molecule has 0 N–H and O–H groups in total. The lowest BCUT2D eigenvalue weighted by atomic mass is 10.4. The van der Waals surface area contributed by atoms with Gasteiger partial charge in [0.15, 0.2) is 0 Å². The molecule has 2 saturated heterocycles. The molecule has 0 aliphatic carbocycles. The zero-order valence-electron chi connectivity index (χ0n) is 15.1. The molecule has 9 nitrogen and oxygen atoms in total. The summed E-state index contributed by atoms with van der Waals surface area (Å²) in [5.74, 6) is 1.30. The molecule has 2 heterocycles. The molecule has 2 rings (SSSR count). The first-order chi connectivity index (χ1) is 13.2. The molecule has 0 amide bonds. The Bertz CT molecular complexity index is 400. The van der Waals surface area contributed by atoms with Crippen LogP contribution >= 0.6 is 23.5 Å². The maximum atomic E-state index is 10.9. The molecule has 0 saturated carbocycles. The summed E-state index contributed by atoms with van der Waals surface area (Å²) in [4.78, 5) is 21.8. The van der Waals surface area contributed by atoms with Crippen LogP contribution in [-0.4, -0.2) is 100 Å². The van der Waals surface area contributed by atoms with Gasteiger partial charge in [-0.1, -0.05) is 0 Å². The first-order valence-corrected chi connectivity index (χ1v) is 10.8. The number of hydrogen-bond acceptors (Lipinski definition) is 11. The number of ether oxygens (including phenoxy) is 7. The smallest absolute Gasteiger partial charge is 0.367 e. The summed E-state index contributed by atoms with van der Waals surface area (Å²) in [5.41, 5.74) is 0. The van der Waals surface area contributed by atoms with Crippen molar-refractivity contribution in [2.75, 3.05) is 77.6 Å². The topological polar surface area (TPSA) is 98.8 Å². The highest BCUT2D eigenvalue weighted by Crippen LogP contribution is 2.20. The van der Waals surface area contributed by atoms with Crippen LogP contribution in [0, 0.1) is 0 Å². The highest BCUT2D eigenvalue weighted by atomic mass is 32.2. The normalized spacial score (nSPS) is 22.2. The molecule has 2 fully saturated rings. The Morgan fingerprint density at radius 2 is 0.963 bits per heavy atom. The zero-order chi connectivity index (χ0) is 19.2. The fraction of sp³-hybridized carbons (Fsp3) is 0.875. The van der Waals surface area contributed by atoms with Crippen molar-refractivity contribution in [3.63, 3.8) is 0 Å². The SMILES string of the molecule is O=C1OC(COCCOCCOCCOCCOCC2CSC(=O)O2)CS1. The molecule has 2 unspecified atom stereocenters. The third-order valence-corrected chi connectivity index (χ3v) is 5.14. The molecule has 11 heteroatoms. The van der Waals surface area contributed by atoms with Crippen LogP contribution in [0.1, 0.15) is 0 Å². The maximum Gasteiger partial charge on any atom is 0.367 e. The van der Waals surface area contributed by atoms with E-state index in [1.165, 1.54) is 23.5 Å². The highest BCUT2D eigenvalue weighted by Gasteiger charge is 2.24. The number of cyclic esters (lactones) is 2. The van der Waals surface area contributed by atoms with E-state index in [2.05, 4.69) is 0 Å². The van der Waals surface area contributed by atoms with E-state index in [1.54, 1.807) is 0 Å². The molecule has 2 aliphatic heterocycles. The summed E-state index contributed by atoms with van der Waals surface area (Å²) in [6.07, 6.45) is -0.286. The van der Waals surface area contributed by atoms with Gasteiger partial charge >= 0.3 is 10.6 Å². The van der Waals surface area contributed by atoms with Crippen LogP contribution in [0.5, 0.6) is 0 Å². The van der Waals surface area contributed by atoms with Crippen LogP contribution in [0.4, 0.5) is 9.59 Å². The molecule has 0 aromatic rings. The van der Waals surface area contributed by atoms with Crippen molar-refractivity contribution in [2.45, 2.75) is 12.2 Å². The van der Waals surface area contributed by atoms with Gasteiger partial charge in [-0.2, -0.15) is 0 Å². The van der Waals surface area contributed by atoms with Crippen molar-refractivity contribution in [3.8, 4) is 0 Å². The van der Waals surface area contributed by atoms with Gasteiger partial charge in [0.25, 0.3) is 0 Å². The summed E-state index contributed by atoms with van der Waals surface area (Å²) in [6, 6.07) is 0. The van der Waals surface area contributed by atoms with Gasteiger partial charge in [-0.3, -0.25) is 0 Å². The van der Waals surface area contributed by atoms with Gasteiger partial charge in [-0.25, -0.2) is 9.59 Å². The summed E-state index contributed by atoms with van der Waals surface area (Å²) >= 11 is 2.35. The monoisotopic (exact) mass is 426 g/mol. The molecule has 0 bridgehead atoms. The molecule has 0 spiro atoms. The molecule has 2 atom stereocenters. The molecule has 2 aliphatic rings. The van der Waals surface area contributed by atoms with E-state index in [0.717, 1.165) is 0 Å². The molecule has 0 aromatic heterocycles. The van der Waals surface area contributed by atoms with Crippen molar-refractivity contribution >= 4 is 34.1 Å². The third-order valence-electron chi connectivity index (χ3n) is 3.40. The van der Waals surface area contributed by atoms with Gasteiger partial charge < -0.3 is 33.2 Å². The molecular weight excluding hydrogens is 400 g/mol. The summed E-state index contributed by atoms with van der Waals surface area (Å²) in [5, 5.41) is -0.465. The number of carbonyl (C=O) groups excluding carboxylic acids is 2. The molecule has 0 radical (unpaired) electrons. The lowest BCUT2D eigenvalue weighted by Gasteiger charge is -2.10. The Kier molecular flexibility index (Phi) is 12.2. The van der Waals surface area contributed by atoms with Gasteiger partial charge in [0.2, 0.25) is 0 Å². The Morgan fingerprint density at radius 1 is 0.630 bits per heavy atom. The Hall–Kier alpha value is -0.560. The minimum atomic E-state index is -0.232. The Labute approximate surface area is 167 Å². The zero-order valence-corrected chi connectivity index (χ0v) is 16.8. The van der Waals surface area contributed by atoms with E-state index in [0.29, 0.717) is 77.6 Å². The first kappa shape index (κ1) is 22.7. The highest BCUT2D eigenvalue weighted by molar-refractivity contribution is 8.13. The number of thioether (sulfide) groups is 2. The van der Waals surface area contributed by atoms with Crippen LogP contribution in [0.15, 0.2) is 0 Å². The van der Waals surface area contributed by atoms with Crippen molar-refractivity contribution in [3.05, 3.63) is 0 Å². The standard InChI is InChI=1S/C16H26O9S2/c17-15-24-13(11-26-15)9-22-7-5-20-3-1-19-2-4-21-6-8-23-10-14-12-27-16(18)25-14/h13-14H,1-12H2. The van der Waals surface area contributed by atoms with Gasteiger partial charge in [0.1, 0.15) is 12.2 Å². The van der Waals surface area contributed by atoms with Crippen LogP contribution in [0.2, 0.25) is 0 Å². The van der Waals surface area contributed by atoms with E-state index in [1.807, 2.05) is 0 Å². The quantitative estimate of drug-likeness (QED) is 0.266. The fourth-order valence-corrected chi connectivity index (χ4v) is 3.48. The van der Waals surface area contributed by atoms with Gasteiger partial charge in [-0.05, 0) is 23.5 Å². The van der Waals surface area contributed by atoms with Crippen LogP contribution in [-0.2, 0) is 33.2 Å². The minimum Gasteiger partial charge on any atom is -0.451 e. The van der Waals surface area contributed by atoms with Crippen molar-refractivity contribution in [1.29, 1.82) is 0 Å². The van der Waals surface area contributed by atoms with Crippen LogP contribution in [0.3, 0.4) is 0 Å². The van der Waals surface area contributed by atoms with E-state index >= 15 is 0 Å².